The van der Waals surface area contributed by atoms with Crippen LogP contribution in [0.1, 0.15) is 56.4 Å². The number of anilines is 1. The van der Waals surface area contributed by atoms with Crippen LogP contribution in [0.3, 0.4) is 0 Å². The van der Waals surface area contributed by atoms with Gasteiger partial charge in [-0.15, -0.1) is 5.10 Å². The van der Waals surface area contributed by atoms with Gasteiger partial charge in [-0.3, -0.25) is 0 Å². The number of hydrogen-bond donors (Lipinski definition) is 2. The summed E-state index contributed by atoms with van der Waals surface area (Å²) < 4.78 is 0. The van der Waals surface area contributed by atoms with Crippen LogP contribution in [0.2, 0.25) is 0 Å². The summed E-state index contributed by atoms with van der Waals surface area (Å²) in [5.74, 6) is 1.37. The molecule has 0 bridgehead atoms. The van der Waals surface area contributed by atoms with Crippen LogP contribution in [0, 0.1) is 19.8 Å². The number of nitrogens with two attached hydrogens (primary N) is 1. The molecule has 0 saturated carbocycles. The highest BCUT2D eigenvalue weighted by atomic mass is 32.1. The molecular formula is C15H26N4S. The Morgan fingerprint density at radius 1 is 1.30 bits per heavy atom. The lowest BCUT2D eigenvalue weighted by atomic mass is 9.99. The van der Waals surface area contributed by atoms with Crippen molar-refractivity contribution in [1.29, 1.82) is 0 Å². The van der Waals surface area contributed by atoms with Crippen molar-refractivity contribution < 1.29 is 0 Å². The van der Waals surface area contributed by atoms with Crippen molar-refractivity contribution in [2.24, 2.45) is 11.7 Å². The molecule has 0 saturated heterocycles. The van der Waals surface area contributed by atoms with E-state index in [1.165, 1.54) is 19.3 Å². The van der Waals surface area contributed by atoms with E-state index in [4.69, 9.17) is 18.0 Å². The number of hydrogen-bond acceptors (Lipinski definition) is 4. The summed E-state index contributed by atoms with van der Waals surface area (Å²) in [4.78, 5) is 0.379. The second-order valence-electron chi connectivity index (χ2n) is 5.30. The second kappa shape index (κ2) is 8.15. The van der Waals surface area contributed by atoms with E-state index in [9.17, 15) is 0 Å². The zero-order valence-electron chi connectivity index (χ0n) is 13.0. The Morgan fingerprint density at radius 3 is 2.55 bits per heavy atom. The maximum absolute atomic E-state index is 5.83. The van der Waals surface area contributed by atoms with Gasteiger partial charge in [-0.1, -0.05) is 45.3 Å². The van der Waals surface area contributed by atoms with Crippen molar-refractivity contribution in [3.8, 4) is 0 Å². The van der Waals surface area contributed by atoms with Gasteiger partial charge in [0.2, 0.25) is 0 Å². The van der Waals surface area contributed by atoms with Crippen LogP contribution in [0.5, 0.6) is 0 Å². The molecule has 5 heteroatoms. The minimum Gasteiger partial charge on any atom is -0.389 e. The molecule has 1 aromatic rings. The molecule has 1 aromatic heterocycles. The van der Waals surface area contributed by atoms with Gasteiger partial charge in [-0.25, -0.2) is 0 Å². The van der Waals surface area contributed by atoms with Crippen molar-refractivity contribution in [2.75, 3.05) is 11.9 Å². The van der Waals surface area contributed by atoms with E-state index in [1.54, 1.807) is 0 Å². The minimum absolute atomic E-state index is 0.379. The van der Waals surface area contributed by atoms with E-state index in [1.807, 2.05) is 13.8 Å². The Balaban J connectivity index is 2.82. The molecule has 0 aromatic carbocycles. The molecular weight excluding hydrogens is 268 g/mol. The number of aryl methyl sites for hydroxylation is 1. The molecule has 0 radical (unpaired) electrons. The van der Waals surface area contributed by atoms with E-state index in [2.05, 4.69) is 29.4 Å². The standard InChI is InChI=1S/C15H26N4S/c1-5-7-8-12(6-2)9-17-15-13(14(16)20)10(3)11(4)18-19-15/h12H,5-9H2,1-4H3,(H2,16,20)(H,17,19). The number of thiocarbonyl (C=S) groups is 1. The van der Waals surface area contributed by atoms with Gasteiger partial charge in [-0.05, 0) is 31.7 Å². The van der Waals surface area contributed by atoms with E-state index >= 15 is 0 Å². The molecule has 0 aliphatic rings. The largest absolute Gasteiger partial charge is 0.389 e. The molecule has 112 valence electrons. The molecule has 3 N–H and O–H groups in total. The number of nitrogens with one attached hydrogen (secondary N) is 1. The van der Waals surface area contributed by atoms with Gasteiger partial charge in [0.25, 0.3) is 0 Å². The van der Waals surface area contributed by atoms with Crippen LogP contribution in [-0.4, -0.2) is 21.7 Å². The number of unbranched alkanes of at least 4 members (excludes halogenated alkanes) is 1. The third kappa shape index (κ3) is 4.40. The number of nitrogens with zero attached hydrogens (tertiary/aromatic N) is 2. The third-order valence-corrected chi connectivity index (χ3v) is 4.01. The first-order chi connectivity index (χ1) is 9.51. The molecule has 0 spiro atoms. The topological polar surface area (TPSA) is 63.8 Å². The highest BCUT2D eigenvalue weighted by Crippen LogP contribution is 2.20. The zero-order chi connectivity index (χ0) is 15.1. The van der Waals surface area contributed by atoms with Crippen molar-refractivity contribution in [3.05, 3.63) is 16.8 Å². The molecule has 0 aliphatic heterocycles. The lowest BCUT2D eigenvalue weighted by Crippen LogP contribution is -2.21. The van der Waals surface area contributed by atoms with Gasteiger partial charge in [0.15, 0.2) is 5.82 Å². The first-order valence-corrected chi connectivity index (χ1v) is 7.79. The Bertz CT molecular complexity index is 459. The Labute approximate surface area is 127 Å². The molecule has 1 heterocycles. The summed E-state index contributed by atoms with van der Waals surface area (Å²) in [6.07, 6.45) is 4.90. The monoisotopic (exact) mass is 294 g/mol. The van der Waals surface area contributed by atoms with Gasteiger partial charge in [0.05, 0.1) is 11.3 Å². The summed E-state index contributed by atoms with van der Waals surface area (Å²) >= 11 is 5.14. The van der Waals surface area contributed by atoms with Gasteiger partial charge in [-0.2, -0.15) is 5.10 Å². The highest BCUT2D eigenvalue weighted by Gasteiger charge is 2.14. The molecule has 20 heavy (non-hydrogen) atoms. The quantitative estimate of drug-likeness (QED) is 0.720. The molecule has 1 rings (SSSR count). The summed E-state index contributed by atoms with van der Waals surface area (Å²) in [5.41, 5.74) is 8.54. The van der Waals surface area contributed by atoms with Gasteiger partial charge in [0, 0.05) is 6.54 Å². The van der Waals surface area contributed by atoms with Crippen molar-refractivity contribution in [3.63, 3.8) is 0 Å². The maximum Gasteiger partial charge on any atom is 0.159 e. The molecule has 1 unspecified atom stereocenters. The fraction of sp³-hybridized carbons (Fsp3) is 0.667. The molecule has 4 nitrogen and oxygen atoms in total. The maximum atomic E-state index is 5.83. The lowest BCUT2D eigenvalue weighted by molar-refractivity contribution is 0.472. The predicted molar refractivity (Wildman–Crippen MR) is 89.2 cm³/mol. The number of aromatic nitrogens is 2. The zero-order valence-corrected chi connectivity index (χ0v) is 13.8. The fourth-order valence-corrected chi connectivity index (χ4v) is 2.47. The molecule has 1 atom stereocenters. The van der Waals surface area contributed by atoms with E-state index in [-0.39, 0.29) is 0 Å². The average Bonchev–Trinajstić information content (AvgIpc) is 2.42. The SMILES string of the molecule is CCCCC(CC)CNc1nnc(C)c(C)c1C(N)=S. The van der Waals surface area contributed by atoms with Crippen molar-refractivity contribution in [2.45, 2.75) is 53.4 Å². The summed E-state index contributed by atoms with van der Waals surface area (Å²) in [6, 6.07) is 0. The Hall–Kier alpha value is -1.23. The normalized spacial score (nSPS) is 12.2. The molecule has 0 amide bonds. The molecule has 0 aliphatic carbocycles. The first kappa shape index (κ1) is 16.8. The second-order valence-corrected chi connectivity index (χ2v) is 5.74. The number of rotatable bonds is 8. The summed E-state index contributed by atoms with van der Waals surface area (Å²) in [7, 11) is 0. The van der Waals surface area contributed by atoms with Crippen LogP contribution in [0.4, 0.5) is 5.82 Å². The lowest BCUT2D eigenvalue weighted by Gasteiger charge is -2.18. The van der Waals surface area contributed by atoms with Gasteiger partial charge >= 0.3 is 0 Å². The van der Waals surface area contributed by atoms with Crippen LogP contribution in [0.15, 0.2) is 0 Å². The Kier molecular flexibility index (Phi) is 6.85. The fourth-order valence-electron chi connectivity index (χ4n) is 2.22. The van der Waals surface area contributed by atoms with Crippen LogP contribution in [0.25, 0.3) is 0 Å². The van der Waals surface area contributed by atoms with Crippen LogP contribution in [-0.2, 0) is 0 Å². The van der Waals surface area contributed by atoms with Gasteiger partial charge in [0.1, 0.15) is 4.99 Å². The predicted octanol–water partition coefficient (Wildman–Crippen LogP) is 3.36. The van der Waals surface area contributed by atoms with E-state index < -0.39 is 0 Å². The smallest absolute Gasteiger partial charge is 0.159 e. The summed E-state index contributed by atoms with van der Waals surface area (Å²) in [5, 5.41) is 11.8. The van der Waals surface area contributed by atoms with E-state index in [0.29, 0.717) is 10.9 Å². The Morgan fingerprint density at radius 2 is 2.00 bits per heavy atom. The molecule has 0 fully saturated rings. The minimum atomic E-state index is 0.379. The van der Waals surface area contributed by atoms with Crippen LogP contribution >= 0.6 is 12.2 Å². The average molecular weight is 294 g/mol. The van der Waals surface area contributed by atoms with E-state index in [0.717, 1.165) is 35.6 Å². The van der Waals surface area contributed by atoms with Crippen LogP contribution < -0.4 is 11.1 Å². The highest BCUT2D eigenvalue weighted by molar-refractivity contribution is 7.80. The third-order valence-electron chi connectivity index (χ3n) is 3.80. The first-order valence-electron chi connectivity index (χ1n) is 7.38. The van der Waals surface area contributed by atoms with Crippen molar-refractivity contribution >= 4 is 23.0 Å². The summed E-state index contributed by atoms with van der Waals surface area (Å²) in [6.45, 7) is 9.24. The van der Waals surface area contributed by atoms with Gasteiger partial charge < -0.3 is 11.1 Å². The van der Waals surface area contributed by atoms with Crippen molar-refractivity contribution in [1.82, 2.24) is 10.2 Å².